The van der Waals surface area contributed by atoms with Crippen molar-refractivity contribution in [2.45, 2.75) is 12.8 Å². The molecule has 0 aromatic heterocycles. The first kappa shape index (κ1) is 15.6. The maximum Gasteiger partial charge on any atom is 0.269 e. The van der Waals surface area contributed by atoms with Gasteiger partial charge >= 0.3 is 0 Å². The molecule has 5 heteroatoms. The zero-order valence-corrected chi connectivity index (χ0v) is 11.8. The fourth-order valence-electron chi connectivity index (χ4n) is 2.21. The first-order valence-electron chi connectivity index (χ1n) is 6.87. The van der Waals surface area contributed by atoms with Crippen molar-refractivity contribution in [3.05, 3.63) is 75.8 Å². The minimum absolute atomic E-state index is 0.0622. The van der Waals surface area contributed by atoms with E-state index in [0.29, 0.717) is 12.0 Å². The van der Waals surface area contributed by atoms with Gasteiger partial charge in [-0.2, -0.15) is 0 Å². The van der Waals surface area contributed by atoms with Crippen LogP contribution in [-0.2, 0) is 11.2 Å². The Balaban J connectivity index is 2.02. The van der Waals surface area contributed by atoms with Gasteiger partial charge in [-0.1, -0.05) is 30.3 Å². The molecule has 2 rings (SSSR count). The summed E-state index contributed by atoms with van der Waals surface area (Å²) in [6, 6.07) is 14.9. The van der Waals surface area contributed by atoms with Crippen LogP contribution in [0, 0.1) is 16.0 Å². The highest BCUT2D eigenvalue weighted by molar-refractivity contribution is 5.97. The smallest absolute Gasteiger partial charge is 0.269 e. The Labute approximate surface area is 127 Å². The molecule has 22 heavy (non-hydrogen) atoms. The number of rotatable bonds is 7. The lowest BCUT2D eigenvalue weighted by atomic mass is 9.93. The van der Waals surface area contributed by atoms with Gasteiger partial charge in [0.15, 0.2) is 5.78 Å². The van der Waals surface area contributed by atoms with Gasteiger partial charge in [0.25, 0.3) is 5.69 Å². The van der Waals surface area contributed by atoms with Crippen LogP contribution >= 0.6 is 0 Å². The van der Waals surface area contributed by atoms with Gasteiger partial charge in [0.2, 0.25) is 0 Å². The van der Waals surface area contributed by atoms with Crippen LogP contribution in [0.5, 0.6) is 0 Å². The molecule has 0 fully saturated rings. The van der Waals surface area contributed by atoms with Gasteiger partial charge in [0.1, 0.15) is 6.29 Å². The molecule has 0 unspecified atom stereocenters. The van der Waals surface area contributed by atoms with E-state index in [1.165, 1.54) is 24.3 Å². The molecule has 112 valence electrons. The second-order valence-electron chi connectivity index (χ2n) is 5.02. The Morgan fingerprint density at radius 2 is 1.73 bits per heavy atom. The maximum absolute atomic E-state index is 12.2. The van der Waals surface area contributed by atoms with Gasteiger partial charge in [-0.3, -0.25) is 14.9 Å². The molecule has 0 spiro atoms. The molecule has 0 aliphatic rings. The summed E-state index contributed by atoms with van der Waals surface area (Å²) in [5.74, 6) is -0.590. The van der Waals surface area contributed by atoms with E-state index in [1.54, 1.807) is 0 Å². The molecule has 0 saturated carbocycles. The normalized spacial score (nSPS) is 11.6. The number of non-ortho nitro benzene ring substituents is 1. The summed E-state index contributed by atoms with van der Waals surface area (Å²) in [6.45, 7) is 0. The van der Waals surface area contributed by atoms with Crippen molar-refractivity contribution in [1.29, 1.82) is 0 Å². The van der Waals surface area contributed by atoms with Crippen LogP contribution in [0.2, 0.25) is 0 Å². The third-order valence-corrected chi connectivity index (χ3v) is 3.38. The SMILES string of the molecule is O=C[C@@H](CC(=O)c1ccc([N+](=O)[O-])cc1)Cc1ccccc1. The van der Waals surface area contributed by atoms with Crippen LogP contribution in [0.25, 0.3) is 0 Å². The van der Waals surface area contributed by atoms with Crippen molar-refractivity contribution >= 4 is 17.8 Å². The predicted octanol–water partition coefficient (Wildman–Crippen LogP) is 3.23. The van der Waals surface area contributed by atoms with Crippen LogP contribution in [-0.4, -0.2) is 17.0 Å². The van der Waals surface area contributed by atoms with Crippen LogP contribution in [0.15, 0.2) is 54.6 Å². The van der Waals surface area contributed by atoms with Gasteiger partial charge in [-0.25, -0.2) is 0 Å². The van der Waals surface area contributed by atoms with E-state index in [9.17, 15) is 19.7 Å². The monoisotopic (exact) mass is 297 g/mol. The highest BCUT2D eigenvalue weighted by Gasteiger charge is 2.16. The lowest BCUT2D eigenvalue weighted by Crippen LogP contribution is -2.13. The van der Waals surface area contributed by atoms with Gasteiger partial charge in [-0.05, 0) is 24.1 Å². The summed E-state index contributed by atoms with van der Waals surface area (Å²) < 4.78 is 0. The summed E-state index contributed by atoms with van der Waals surface area (Å²) in [4.78, 5) is 33.4. The highest BCUT2D eigenvalue weighted by Crippen LogP contribution is 2.17. The Morgan fingerprint density at radius 3 is 2.27 bits per heavy atom. The Morgan fingerprint density at radius 1 is 1.09 bits per heavy atom. The van der Waals surface area contributed by atoms with Crippen molar-refractivity contribution in [3.63, 3.8) is 0 Å². The second-order valence-corrected chi connectivity index (χ2v) is 5.02. The molecule has 1 atom stereocenters. The molecule has 0 N–H and O–H groups in total. The quantitative estimate of drug-likeness (QED) is 0.340. The number of Topliss-reactive ketones (excluding diaryl/α,β-unsaturated/α-hetero) is 1. The number of benzene rings is 2. The first-order chi connectivity index (χ1) is 10.6. The van der Waals surface area contributed by atoms with Gasteiger partial charge in [0, 0.05) is 30.0 Å². The summed E-state index contributed by atoms with van der Waals surface area (Å²) >= 11 is 0. The van der Waals surface area contributed by atoms with E-state index in [-0.39, 0.29) is 17.9 Å². The molecule has 0 amide bonds. The van der Waals surface area contributed by atoms with E-state index in [1.807, 2.05) is 30.3 Å². The molecular weight excluding hydrogens is 282 g/mol. The Bertz CT molecular complexity index is 665. The molecule has 0 saturated heterocycles. The van der Waals surface area contributed by atoms with Crippen LogP contribution < -0.4 is 0 Å². The summed E-state index contributed by atoms with van der Waals surface area (Å²) in [5.41, 5.74) is 1.31. The number of ketones is 1. The number of nitrogens with zero attached hydrogens (tertiary/aromatic N) is 1. The summed E-state index contributed by atoms with van der Waals surface area (Å²) in [7, 11) is 0. The number of carbonyl (C=O) groups excluding carboxylic acids is 2. The standard InChI is InChI=1S/C17H15NO4/c19-12-14(10-13-4-2-1-3-5-13)11-17(20)15-6-8-16(9-7-15)18(21)22/h1-9,12,14H,10-11H2/t14-/m1/s1. The molecular formula is C17H15NO4. The number of nitro groups is 1. The van der Waals surface area contributed by atoms with Crippen LogP contribution in [0.1, 0.15) is 22.3 Å². The average molecular weight is 297 g/mol. The number of hydrogen-bond donors (Lipinski definition) is 0. The lowest BCUT2D eigenvalue weighted by molar-refractivity contribution is -0.384. The second kappa shape index (κ2) is 7.26. The molecule has 0 heterocycles. The maximum atomic E-state index is 12.2. The summed E-state index contributed by atoms with van der Waals surface area (Å²) in [6.07, 6.45) is 1.38. The number of aldehydes is 1. The predicted molar refractivity (Wildman–Crippen MR) is 81.7 cm³/mol. The Kier molecular flexibility index (Phi) is 5.14. The van der Waals surface area contributed by atoms with Crippen molar-refractivity contribution < 1.29 is 14.5 Å². The zero-order chi connectivity index (χ0) is 15.9. The topological polar surface area (TPSA) is 77.3 Å². The number of carbonyl (C=O) groups is 2. The molecule has 0 aliphatic heterocycles. The van der Waals surface area contributed by atoms with Gasteiger partial charge in [0.05, 0.1) is 4.92 Å². The molecule has 0 bridgehead atoms. The lowest BCUT2D eigenvalue weighted by Gasteiger charge is -2.09. The average Bonchev–Trinajstić information content (AvgIpc) is 2.55. The van der Waals surface area contributed by atoms with Crippen molar-refractivity contribution in [3.8, 4) is 0 Å². The van der Waals surface area contributed by atoms with Crippen molar-refractivity contribution in [2.24, 2.45) is 5.92 Å². The van der Waals surface area contributed by atoms with E-state index in [0.717, 1.165) is 11.8 Å². The fourth-order valence-corrected chi connectivity index (χ4v) is 2.21. The first-order valence-corrected chi connectivity index (χ1v) is 6.87. The van der Waals surface area contributed by atoms with Crippen LogP contribution in [0.3, 0.4) is 0 Å². The number of nitro benzene ring substituents is 1. The van der Waals surface area contributed by atoms with Crippen molar-refractivity contribution in [2.75, 3.05) is 0 Å². The van der Waals surface area contributed by atoms with E-state index < -0.39 is 10.8 Å². The summed E-state index contributed by atoms with van der Waals surface area (Å²) in [5, 5.41) is 10.6. The fraction of sp³-hybridized carbons (Fsp3) is 0.176. The highest BCUT2D eigenvalue weighted by atomic mass is 16.6. The van der Waals surface area contributed by atoms with Gasteiger partial charge in [-0.15, -0.1) is 0 Å². The zero-order valence-electron chi connectivity index (χ0n) is 11.8. The van der Waals surface area contributed by atoms with E-state index in [2.05, 4.69) is 0 Å². The third kappa shape index (κ3) is 4.09. The minimum atomic E-state index is -0.516. The largest absolute Gasteiger partial charge is 0.303 e. The van der Waals surface area contributed by atoms with Gasteiger partial charge < -0.3 is 4.79 Å². The van der Waals surface area contributed by atoms with Crippen molar-refractivity contribution in [1.82, 2.24) is 0 Å². The molecule has 0 radical (unpaired) electrons. The Hall–Kier alpha value is -2.82. The molecule has 2 aromatic rings. The van der Waals surface area contributed by atoms with E-state index >= 15 is 0 Å². The molecule has 0 aliphatic carbocycles. The molecule has 5 nitrogen and oxygen atoms in total. The third-order valence-electron chi connectivity index (χ3n) is 3.38. The minimum Gasteiger partial charge on any atom is -0.303 e. The molecule has 2 aromatic carbocycles. The van der Waals surface area contributed by atoms with Crippen LogP contribution in [0.4, 0.5) is 5.69 Å². The van der Waals surface area contributed by atoms with E-state index in [4.69, 9.17) is 0 Å². The number of hydrogen-bond acceptors (Lipinski definition) is 4.